The van der Waals surface area contributed by atoms with Crippen molar-refractivity contribution in [3.63, 3.8) is 0 Å². The number of hydrogen-bond donors (Lipinski definition) is 0. The SMILES string of the molecule is [2H]c1c([2H])c([2H])c(-c2c(-c3nc(-c4ccccc4)nc(-c4ccccc4)n3)ccc3c2oc2ccc(-n4c5ccccc5c5ccccc54)cc23)c([2H])c1[2H]. The Balaban J connectivity index is 1.29. The van der Waals surface area contributed by atoms with Crippen molar-refractivity contribution in [1.82, 2.24) is 19.5 Å². The van der Waals surface area contributed by atoms with E-state index in [-0.39, 0.29) is 23.5 Å². The molecule has 0 saturated carbocycles. The molecule has 0 N–H and O–H groups in total. The maximum absolute atomic E-state index is 9.11. The Morgan fingerprint density at radius 2 is 1.06 bits per heavy atom. The van der Waals surface area contributed by atoms with Gasteiger partial charge in [0.05, 0.1) is 17.9 Å². The Labute approximate surface area is 294 Å². The van der Waals surface area contributed by atoms with E-state index < -0.39 is 18.1 Å². The number of furan rings is 1. The zero-order valence-corrected chi connectivity index (χ0v) is 26.5. The van der Waals surface area contributed by atoms with Crippen molar-refractivity contribution in [3.05, 3.63) is 170 Å². The normalized spacial score (nSPS) is 13.0. The first-order valence-electron chi connectivity index (χ1n) is 18.8. The molecule has 0 amide bonds. The van der Waals surface area contributed by atoms with Crippen LogP contribution in [0.15, 0.2) is 174 Å². The van der Waals surface area contributed by atoms with Crippen LogP contribution in [0.5, 0.6) is 0 Å². The van der Waals surface area contributed by atoms with Crippen LogP contribution in [0.4, 0.5) is 0 Å². The highest BCUT2D eigenvalue weighted by Crippen LogP contribution is 2.43. The van der Waals surface area contributed by atoms with Crippen molar-refractivity contribution in [2.45, 2.75) is 0 Å². The molecule has 0 aliphatic heterocycles. The molecule has 3 aromatic heterocycles. The fourth-order valence-electron chi connectivity index (χ4n) is 6.91. The Hall–Kier alpha value is -6.85. The zero-order chi connectivity index (χ0) is 37.4. The topological polar surface area (TPSA) is 56.7 Å². The van der Waals surface area contributed by atoms with E-state index in [1.165, 1.54) is 0 Å². The van der Waals surface area contributed by atoms with Crippen molar-refractivity contribution in [3.8, 4) is 51.0 Å². The molecule has 0 fully saturated rings. The lowest BCUT2D eigenvalue weighted by Crippen LogP contribution is -2.01. The first-order valence-corrected chi connectivity index (χ1v) is 16.3. The van der Waals surface area contributed by atoms with Crippen molar-refractivity contribution in [1.29, 1.82) is 0 Å². The molecule has 0 saturated heterocycles. The summed E-state index contributed by atoms with van der Waals surface area (Å²) in [6.45, 7) is 0. The van der Waals surface area contributed by atoms with Crippen LogP contribution in [0, 0.1) is 0 Å². The third-order valence-corrected chi connectivity index (χ3v) is 9.15. The second-order valence-corrected chi connectivity index (χ2v) is 12.1. The number of benzene rings is 7. The predicted octanol–water partition coefficient (Wildman–Crippen LogP) is 11.5. The Morgan fingerprint density at radius 1 is 0.480 bits per heavy atom. The fourth-order valence-corrected chi connectivity index (χ4v) is 6.91. The molecule has 5 nitrogen and oxygen atoms in total. The zero-order valence-electron chi connectivity index (χ0n) is 31.5. The summed E-state index contributed by atoms with van der Waals surface area (Å²) in [5.41, 5.74) is 6.27. The van der Waals surface area contributed by atoms with Gasteiger partial charge >= 0.3 is 0 Å². The van der Waals surface area contributed by atoms with Crippen LogP contribution in [-0.4, -0.2) is 19.5 Å². The molecule has 7 aromatic carbocycles. The highest BCUT2D eigenvalue weighted by molar-refractivity contribution is 6.14. The molecular formula is C45H28N4O. The molecule has 234 valence electrons. The van der Waals surface area contributed by atoms with Gasteiger partial charge in [-0.1, -0.05) is 127 Å². The lowest BCUT2D eigenvalue weighted by Gasteiger charge is -2.12. The van der Waals surface area contributed by atoms with Gasteiger partial charge in [-0.3, -0.25) is 0 Å². The van der Waals surface area contributed by atoms with Gasteiger partial charge in [-0.05, 0) is 48.0 Å². The van der Waals surface area contributed by atoms with Gasteiger partial charge in [0.1, 0.15) is 11.2 Å². The summed E-state index contributed by atoms with van der Waals surface area (Å²) in [4.78, 5) is 14.8. The average Bonchev–Trinajstić information content (AvgIpc) is 3.78. The molecule has 10 rings (SSSR count). The van der Waals surface area contributed by atoms with E-state index in [4.69, 9.17) is 26.2 Å². The Kier molecular flexibility index (Phi) is 5.35. The Morgan fingerprint density at radius 3 is 1.70 bits per heavy atom. The summed E-state index contributed by atoms with van der Waals surface area (Å²) in [6, 6.07) is 43.5. The predicted molar refractivity (Wildman–Crippen MR) is 203 cm³/mol. The van der Waals surface area contributed by atoms with Crippen LogP contribution < -0.4 is 0 Å². The van der Waals surface area contributed by atoms with Gasteiger partial charge in [-0.2, -0.15) is 0 Å². The molecule has 5 heteroatoms. The standard InChI is InChI=1S/C45H28N4O/c1-4-14-29(15-5-1)41-36(45-47-43(30-16-6-2-7-17-30)46-44(48-45)31-18-8-3-9-19-31)26-25-35-37-28-32(24-27-40(37)50-42(35)41)49-38-22-12-10-20-33(38)34-21-11-13-23-39(34)49/h1-28H/i1D,4D,5D,14D,15D. The maximum atomic E-state index is 9.11. The monoisotopic (exact) mass is 645 g/mol. The summed E-state index contributed by atoms with van der Waals surface area (Å²) in [5, 5.41) is 3.81. The molecule has 50 heavy (non-hydrogen) atoms. The molecule has 10 aromatic rings. The second-order valence-electron chi connectivity index (χ2n) is 12.1. The van der Waals surface area contributed by atoms with E-state index in [1.54, 1.807) is 0 Å². The molecule has 0 spiro atoms. The summed E-state index contributed by atoms with van der Waals surface area (Å²) >= 11 is 0. The minimum absolute atomic E-state index is 0.00351. The van der Waals surface area contributed by atoms with Crippen LogP contribution in [0.25, 0.3) is 94.7 Å². The second kappa shape index (κ2) is 11.4. The highest BCUT2D eigenvalue weighted by atomic mass is 16.3. The van der Waals surface area contributed by atoms with Crippen molar-refractivity contribution in [2.75, 3.05) is 0 Å². The molecular weight excluding hydrogens is 613 g/mol. The number of fused-ring (bicyclic) bond motifs is 6. The number of hydrogen-bond acceptors (Lipinski definition) is 4. The van der Waals surface area contributed by atoms with Crippen LogP contribution in [0.2, 0.25) is 0 Å². The molecule has 0 atom stereocenters. The first-order chi connectivity index (χ1) is 26.9. The van der Waals surface area contributed by atoms with Crippen molar-refractivity contribution in [2.24, 2.45) is 0 Å². The molecule has 3 heterocycles. The molecule has 0 radical (unpaired) electrons. The van der Waals surface area contributed by atoms with Gasteiger partial charge in [-0.15, -0.1) is 0 Å². The molecule has 0 bridgehead atoms. The van der Waals surface area contributed by atoms with E-state index in [2.05, 4.69) is 34.9 Å². The minimum atomic E-state index is -0.481. The smallest absolute Gasteiger partial charge is 0.164 e. The van der Waals surface area contributed by atoms with Gasteiger partial charge in [0, 0.05) is 49.5 Å². The Bertz CT molecular complexity index is 3020. The highest BCUT2D eigenvalue weighted by Gasteiger charge is 2.22. The summed E-state index contributed by atoms with van der Waals surface area (Å²) in [5.74, 6) is 1.12. The van der Waals surface area contributed by atoms with Crippen LogP contribution >= 0.6 is 0 Å². The third kappa shape index (κ3) is 4.52. The van der Waals surface area contributed by atoms with Gasteiger partial charge in [0.15, 0.2) is 17.5 Å². The van der Waals surface area contributed by atoms with Gasteiger partial charge in [-0.25, -0.2) is 15.0 Å². The maximum Gasteiger partial charge on any atom is 0.164 e. The van der Waals surface area contributed by atoms with E-state index in [0.29, 0.717) is 39.3 Å². The first kappa shape index (κ1) is 23.5. The average molecular weight is 646 g/mol. The van der Waals surface area contributed by atoms with E-state index in [0.717, 1.165) is 44.0 Å². The molecule has 0 unspecified atom stereocenters. The van der Waals surface area contributed by atoms with Crippen molar-refractivity contribution < 1.29 is 11.3 Å². The van der Waals surface area contributed by atoms with Crippen molar-refractivity contribution >= 4 is 43.7 Å². The van der Waals surface area contributed by atoms with Crippen LogP contribution in [0.1, 0.15) is 6.85 Å². The largest absolute Gasteiger partial charge is 0.455 e. The van der Waals surface area contributed by atoms with E-state index >= 15 is 0 Å². The molecule has 0 aliphatic rings. The lowest BCUT2D eigenvalue weighted by atomic mass is 9.96. The number of rotatable bonds is 5. The summed E-state index contributed by atoms with van der Waals surface area (Å²) in [7, 11) is 0. The van der Waals surface area contributed by atoms with Crippen LogP contribution in [0.3, 0.4) is 0 Å². The fraction of sp³-hybridized carbons (Fsp3) is 0. The lowest BCUT2D eigenvalue weighted by molar-refractivity contribution is 0.670. The third-order valence-electron chi connectivity index (χ3n) is 9.15. The quantitative estimate of drug-likeness (QED) is 0.187. The minimum Gasteiger partial charge on any atom is -0.455 e. The van der Waals surface area contributed by atoms with Gasteiger partial charge in [0.2, 0.25) is 0 Å². The van der Waals surface area contributed by atoms with E-state index in [9.17, 15) is 0 Å². The van der Waals surface area contributed by atoms with Gasteiger partial charge in [0.25, 0.3) is 0 Å². The summed E-state index contributed by atoms with van der Waals surface area (Å²) in [6.07, 6.45) is 0. The van der Waals surface area contributed by atoms with Gasteiger partial charge < -0.3 is 8.98 Å². The van der Waals surface area contributed by atoms with E-state index in [1.807, 2.05) is 109 Å². The number of para-hydroxylation sites is 2. The number of nitrogens with zero attached hydrogens (tertiary/aromatic N) is 4. The number of aromatic nitrogens is 4. The van der Waals surface area contributed by atoms with Crippen LogP contribution in [-0.2, 0) is 0 Å². The summed E-state index contributed by atoms with van der Waals surface area (Å²) < 4.78 is 52.7. The molecule has 0 aliphatic carbocycles.